The molecule has 0 amide bonds. The average Bonchev–Trinajstić information content (AvgIpc) is 2.07. The molecule has 0 radical (unpaired) electrons. The molecule has 1 aromatic heterocycles. The van der Waals surface area contributed by atoms with Gasteiger partial charge in [-0.2, -0.15) is 0 Å². The number of aromatic nitrogens is 1. The quantitative estimate of drug-likeness (QED) is 0.657. The van der Waals surface area contributed by atoms with Crippen LogP contribution in [0.2, 0.25) is 0 Å². The SMILES string of the molecule is O=C(O)Cn1ccc(=O)c(CO)c1. The molecule has 13 heavy (non-hydrogen) atoms. The molecule has 1 rings (SSSR count). The zero-order chi connectivity index (χ0) is 9.84. The van der Waals surface area contributed by atoms with Gasteiger partial charge in [0.2, 0.25) is 0 Å². The number of hydrogen-bond acceptors (Lipinski definition) is 3. The number of carboxylic acid groups (broad SMARTS) is 1. The Morgan fingerprint density at radius 1 is 1.54 bits per heavy atom. The third kappa shape index (κ3) is 2.41. The zero-order valence-electron chi connectivity index (χ0n) is 6.80. The molecule has 0 unspecified atom stereocenters. The van der Waals surface area contributed by atoms with Crippen LogP contribution >= 0.6 is 0 Å². The van der Waals surface area contributed by atoms with Crippen molar-refractivity contribution < 1.29 is 15.0 Å². The number of carbonyl (C=O) groups is 1. The minimum atomic E-state index is -0.993. The van der Waals surface area contributed by atoms with Gasteiger partial charge in [-0.25, -0.2) is 0 Å². The second-order valence-electron chi connectivity index (χ2n) is 2.56. The maximum Gasteiger partial charge on any atom is 0.323 e. The first-order chi connectivity index (χ1) is 6.13. The first kappa shape index (κ1) is 9.47. The lowest BCUT2D eigenvalue weighted by Gasteiger charge is -2.03. The lowest BCUT2D eigenvalue weighted by atomic mass is 10.3. The van der Waals surface area contributed by atoms with E-state index in [-0.39, 0.29) is 24.1 Å². The Kier molecular flexibility index (Phi) is 2.81. The first-order valence-electron chi connectivity index (χ1n) is 3.65. The summed E-state index contributed by atoms with van der Waals surface area (Å²) in [5.41, 5.74) is -0.0899. The molecule has 0 fully saturated rings. The van der Waals surface area contributed by atoms with Crippen LogP contribution < -0.4 is 5.43 Å². The van der Waals surface area contributed by atoms with Crippen molar-refractivity contribution in [1.29, 1.82) is 0 Å². The normalized spacial score (nSPS) is 9.92. The van der Waals surface area contributed by atoms with E-state index < -0.39 is 5.97 Å². The Labute approximate surface area is 73.9 Å². The summed E-state index contributed by atoms with van der Waals surface area (Å²) >= 11 is 0. The molecule has 0 bridgehead atoms. The van der Waals surface area contributed by atoms with Gasteiger partial charge in [0.05, 0.1) is 6.61 Å². The van der Waals surface area contributed by atoms with Crippen LogP contribution in [0.1, 0.15) is 5.56 Å². The van der Waals surface area contributed by atoms with E-state index in [2.05, 4.69) is 0 Å². The minimum Gasteiger partial charge on any atom is -0.480 e. The van der Waals surface area contributed by atoms with Gasteiger partial charge in [0, 0.05) is 24.0 Å². The molecule has 0 atom stereocenters. The van der Waals surface area contributed by atoms with E-state index in [1.54, 1.807) is 0 Å². The van der Waals surface area contributed by atoms with E-state index in [1.807, 2.05) is 0 Å². The highest BCUT2D eigenvalue weighted by Crippen LogP contribution is 1.92. The van der Waals surface area contributed by atoms with Crippen molar-refractivity contribution in [3.05, 3.63) is 34.2 Å². The Hall–Kier alpha value is -1.62. The number of nitrogens with zero attached hydrogens (tertiary/aromatic N) is 1. The fourth-order valence-electron chi connectivity index (χ4n) is 0.951. The monoisotopic (exact) mass is 183 g/mol. The zero-order valence-corrected chi connectivity index (χ0v) is 6.80. The number of pyridine rings is 1. The number of carboxylic acids is 1. The van der Waals surface area contributed by atoms with Crippen molar-refractivity contribution in [3.8, 4) is 0 Å². The van der Waals surface area contributed by atoms with Gasteiger partial charge in [0.1, 0.15) is 6.54 Å². The van der Waals surface area contributed by atoms with E-state index in [9.17, 15) is 9.59 Å². The summed E-state index contributed by atoms with van der Waals surface area (Å²) < 4.78 is 1.33. The molecule has 2 N–H and O–H groups in total. The van der Waals surface area contributed by atoms with Crippen molar-refractivity contribution in [2.24, 2.45) is 0 Å². The van der Waals surface area contributed by atoms with Crippen LogP contribution in [0.3, 0.4) is 0 Å². The van der Waals surface area contributed by atoms with Gasteiger partial charge >= 0.3 is 5.97 Å². The van der Waals surface area contributed by atoms with Crippen molar-refractivity contribution in [3.63, 3.8) is 0 Å². The second-order valence-corrected chi connectivity index (χ2v) is 2.56. The fourth-order valence-corrected chi connectivity index (χ4v) is 0.951. The predicted octanol–water partition coefficient (Wildman–Crippen LogP) is -0.575. The topological polar surface area (TPSA) is 79.5 Å². The standard InChI is InChI=1S/C8H9NO4/c10-5-6-3-9(4-8(12)13)2-1-7(6)11/h1-3,10H,4-5H2,(H,12,13). The molecule has 0 spiro atoms. The molecular weight excluding hydrogens is 174 g/mol. The maximum atomic E-state index is 11.0. The molecule has 1 heterocycles. The molecule has 0 saturated heterocycles. The molecule has 0 aliphatic carbocycles. The van der Waals surface area contributed by atoms with E-state index in [4.69, 9.17) is 10.2 Å². The molecule has 0 aliphatic heterocycles. The summed E-state index contributed by atoms with van der Waals surface area (Å²) in [7, 11) is 0. The summed E-state index contributed by atoms with van der Waals surface area (Å²) in [6.45, 7) is -0.591. The van der Waals surface area contributed by atoms with E-state index in [1.165, 1.54) is 23.0 Å². The lowest BCUT2D eigenvalue weighted by Crippen LogP contribution is -2.15. The number of hydrogen-bond donors (Lipinski definition) is 2. The Morgan fingerprint density at radius 2 is 2.23 bits per heavy atom. The van der Waals surface area contributed by atoms with Crippen LogP contribution in [0.5, 0.6) is 0 Å². The summed E-state index contributed by atoms with van der Waals surface area (Å²) in [4.78, 5) is 21.3. The van der Waals surface area contributed by atoms with Gasteiger partial charge in [-0.15, -0.1) is 0 Å². The smallest absolute Gasteiger partial charge is 0.323 e. The van der Waals surface area contributed by atoms with Crippen LogP contribution in [0, 0.1) is 0 Å². The van der Waals surface area contributed by atoms with Gasteiger partial charge in [-0.05, 0) is 0 Å². The van der Waals surface area contributed by atoms with Crippen LogP contribution in [0.4, 0.5) is 0 Å². The van der Waals surface area contributed by atoms with Crippen LogP contribution in [0.15, 0.2) is 23.3 Å². The Balaban J connectivity index is 2.99. The van der Waals surface area contributed by atoms with Gasteiger partial charge in [-0.3, -0.25) is 9.59 Å². The van der Waals surface area contributed by atoms with Gasteiger partial charge < -0.3 is 14.8 Å². The molecular formula is C8H9NO4. The number of aliphatic carboxylic acids is 1. The molecule has 1 aromatic rings. The highest BCUT2D eigenvalue weighted by atomic mass is 16.4. The number of aliphatic hydroxyl groups is 1. The second kappa shape index (κ2) is 3.86. The molecule has 0 saturated carbocycles. The third-order valence-electron chi connectivity index (χ3n) is 1.54. The molecule has 0 aromatic carbocycles. The van der Waals surface area contributed by atoms with E-state index in [0.717, 1.165) is 0 Å². The summed E-state index contributed by atoms with van der Waals surface area (Å²) in [6, 6.07) is 1.23. The molecule has 5 nitrogen and oxygen atoms in total. The Bertz CT molecular complexity index is 369. The number of rotatable bonds is 3. The van der Waals surface area contributed by atoms with Crippen molar-refractivity contribution in [2.75, 3.05) is 0 Å². The van der Waals surface area contributed by atoms with E-state index in [0.29, 0.717) is 0 Å². The minimum absolute atomic E-state index is 0.198. The van der Waals surface area contributed by atoms with Crippen molar-refractivity contribution in [2.45, 2.75) is 13.2 Å². The Morgan fingerprint density at radius 3 is 2.77 bits per heavy atom. The van der Waals surface area contributed by atoms with Crippen LogP contribution in [0.25, 0.3) is 0 Å². The molecule has 0 aliphatic rings. The van der Waals surface area contributed by atoms with Crippen LogP contribution in [-0.2, 0) is 17.9 Å². The average molecular weight is 183 g/mol. The van der Waals surface area contributed by atoms with Gasteiger partial charge in [0.25, 0.3) is 0 Å². The predicted molar refractivity (Wildman–Crippen MR) is 44.3 cm³/mol. The summed E-state index contributed by atoms with van der Waals surface area (Å²) in [5, 5.41) is 17.2. The van der Waals surface area contributed by atoms with Crippen molar-refractivity contribution in [1.82, 2.24) is 4.57 Å². The highest BCUT2D eigenvalue weighted by Gasteiger charge is 2.01. The van der Waals surface area contributed by atoms with Gasteiger partial charge in [-0.1, -0.05) is 0 Å². The maximum absolute atomic E-state index is 11.0. The third-order valence-corrected chi connectivity index (χ3v) is 1.54. The molecule has 70 valence electrons. The first-order valence-corrected chi connectivity index (χ1v) is 3.65. The van der Waals surface area contributed by atoms with Crippen molar-refractivity contribution >= 4 is 5.97 Å². The largest absolute Gasteiger partial charge is 0.480 e. The number of aliphatic hydroxyl groups excluding tert-OH is 1. The summed E-state index contributed by atoms with van der Waals surface area (Å²) in [6.07, 6.45) is 2.70. The van der Waals surface area contributed by atoms with Gasteiger partial charge in [0.15, 0.2) is 5.43 Å². The molecule has 5 heteroatoms. The van der Waals surface area contributed by atoms with Crippen LogP contribution in [-0.4, -0.2) is 20.7 Å². The fraction of sp³-hybridized carbons (Fsp3) is 0.250. The highest BCUT2D eigenvalue weighted by molar-refractivity contribution is 5.66. The lowest BCUT2D eigenvalue weighted by molar-refractivity contribution is -0.137. The van der Waals surface area contributed by atoms with E-state index >= 15 is 0 Å². The summed E-state index contributed by atoms with van der Waals surface area (Å²) in [5.74, 6) is -0.993.